The van der Waals surface area contributed by atoms with Crippen LogP contribution in [0.4, 0.5) is 0 Å². The first-order chi connectivity index (χ1) is 9.13. The van der Waals surface area contributed by atoms with Gasteiger partial charge in [0.2, 0.25) is 0 Å². The topological polar surface area (TPSA) is 26.3 Å². The van der Waals surface area contributed by atoms with Crippen LogP contribution in [-0.4, -0.2) is 12.4 Å². The maximum Gasteiger partial charge on any atom is 0.197 e. The minimum Gasteiger partial charge on any atom is -0.493 e. The fraction of sp³-hybridized carbons (Fsp3) is 0.188. The smallest absolute Gasteiger partial charge is 0.197 e. The van der Waals surface area contributed by atoms with Crippen molar-refractivity contribution in [2.45, 2.75) is 13.8 Å². The molecule has 0 atom stereocenters. The van der Waals surface area contributed by atoms with Crippen LogP contribution in [0.1, 0.15) is 28.4 Å². The van der Waals surface area contributed by atoms with Gasteiger partial charge in [-0.15, -0.1) is 0 Å². The summed E-state index contributed by atoms with van der Waals surface area (Å²) in [5.74, 6) is 0.540. The Morgan fingerprint density at radius 3 is 2.63 bits per heavy atom. The zero-order chi connectivity index (χ0) is 13.8. The maximum absolute atomic E-state index is 12.6. The molecule has 0 aromatic heterocycles. The molecule has 0 saturated heterocycles. The summed E-state index contributed by atoms with van der Waals surface area (Å²) in [5.41, 5.74) is 2.08. The number of benzene rings is 2. The van der Waals surface area contributed by atoms with E-state index in [1.165, 1.54) is 0 Å². The second kappa shape index (κ2) is 5.89. The lowest BCUT2D eigenvalue weighted by Crippen LogP contribution is -2.07. The van der Waals surface area contributed by atoms with Crippen molar-refractivity contribution in [1.82, 2.24) is 0 Å². The van der Waals surface area contributed by atoms with Crippen molar-refractivity contribution in [3.63, 3.8) is 0 Å². The summed E-state index contributed by atoms with van der Waals surface area (Å²) in [6.07, 6.45) is 0. The van der Waals surface area contributed by atoms with Crippen molar-refractivity contribution >= 4 is 17.4 Å². The molecular formula is C16H15ClO2. The molecule has 2 rings (SSSR count). The molecule has 0 N–H and O–H groups in total. The summed E-state index contributed by atoms with van der Waals surface area (Å²) in [5, 5.41) is 0.558. The molecule has 0 aliphatic rings. The highest BCUT2D eigenvalue weighted by atomic mass is 35.5. The molecule has 19 heavy (non-hydrogen) atoms. The summed E-state index contributed by atoms with van der Waals surface area (Å²) in [4.78, 5) is 12.6. The molecule has 0 heterocycles. The number of carbonyl (C=O) groups excluding carboxylic acids is 1. The lowest BCUT2D eigenvalue weighted by molar-refractivity contribution is 0.103. The number of rotatable bonds is 4. The van der Waals surface area contributed by atoms with Crippen molar-refractivity contribution in [3.8, 4) is 5.75 Å². The molecule has 0 spiro atoms. The normalized spacial score (nSPS) is 10.3. The van der Waals surface area contributed by atoms with Crippen LogP contribution in [0.2, 0.25) is 5.02 Å². The Balaban J connectivity index is 2.47. The van der Waals surface area contributed by atoms with Crippen LogP contribution in [0.5, 0.6) is 5.75 Å². The number of hydrogen-bond donors (Lipinski definition) is 0. The Labute approximate surface area is 118 Å². The molecule has 0 radical (unpaired) electrons. The molecule has 0 unspecified atom stereocenters. The molecular weight excluding hydrogens is 260 g/mol. The third-order valence-electron chi connectivity index (χ3n) is 2.88. The van der Waals surface area contributed by atoms with Crippen LogP contribution in [-0.2, 0) is 0 Å². The van der Waals surface area contributed by atoms with Gasteiger partial charge >= 0.3 is 0 Å². The van der Waals surface area contributed by atoms with Crippen molar-refractivity contribution in [2.24, 2.45) is 0 Å². The molecule has 0 bridgehead atoms. The molecule has 0 aliphatic heterocycles. The third-order valence-corrected chi connectivity index (χ3v) is 3.11. The van der Waals surface area contributed by atoms with Crippen LogP contribution in [0, 0.1) is 6.92 Å². The number of halogens is 1. The predicted octanol–water partition coefficient (Wildman–Crippen LogP) is 4.28. The monoisotopic (exact) mass is 274 g/mol. The minimum absolute atomic E-state index is 0.0657. The van der Waals surface area contributed by atoms with E-state index in [2.05, 4.69) is 0 Å². The number of ketones is 1. The van der Waals surface area contributed by atoms with Gasteiger partial charge in [-0.05, 0) is 43.7 Å². The number of aryl methyl sites for hydroxylation is 1. The Bertz CT molecular complexity index is 605. The summed E-state index contributed by atoms with van der Waals surface area (Å²) in [6.45, 7) is 4.32. The number of ether oxygens (including phenoxy) is 1. The summed E-state index contributed by atoms with van der Waals surface area (Å²) in [7, 11) is 0. The van der Waals surface area contributed by atoms with Gasteiger partial charge in [0.15, 0.2) is 5.78 Å². The summed E-state index contributed by atoms with van der Waals surface area (Å²) in [6, 6.07) is 12.6. The molecule has 98 valence electrons. The van der Waals surface area contributed by atoms with Gasteiger partial charge in [0.25, 0.3) is 0 Å². The van der Waals surface area contributed by atoms with Gasteiger partial charge in [0, 0.05) is 10.6 Å². The zero-order valence-corrected chi connectivity index (χ0v) is 11.7. The largest absolute Gasteiger partial charge is 0.493 e. The average Bonchev–Trinajstić information content (AvgIpc) is 2.42. The Morgan fingerprint density at radius 1 is 1.16 bits per heavy atom. The third kappa shape index (κ3) is 2.96. The summed E-state index contributed by atoms with van der Waals surface area (Å²) >= 11 is 5.97. The van der Waals surface area contributed by atoms with E-state index < -0.39 is 0 Å². The quantitative estimate of drug-likeness (QED) is 0.778. The highest BCUT2D eigenvalue weighted by Gasteiger charge is 2.16. The van der Waals surface area contributed by atoms with Gasteiger partial charge in [-0.3, -0.25) is 4.79 Å². The Morgan fingerprint density at radius 2 is 1.89 bits per heavy atom. The lowest BCUT2D eigenvalue weighted by Gasteiger charge is -2.10. The van der Waals surface area contributed by atoms with Gasteiger partial charge in [-0.2, -0.15) is 0 Å². The molecule has 3 heteroatoms. The van der Waals surface area contributed by atoms with Crippen LogP contribution >= 0.6 is 11.6 Å². The maximum atomic E-state index is 12.6. The molecule has 0 saturated carbocycles. The second-order valence-electron chi connectivity index (χ2n) is 4.22. The molecule has 0 amide bonds. The van der Waals surface area contributed by atoms with Crippen LogP contribution in [0.15, 0.2) is 42.5 Å². The minimum atomic E-state index is -0.0657. The van der Waals surface area contributed by atoms with Crippen LogP contribution in [0.25, 0.3) is 0 Å². The van der Waals surface area contributed by atoms with E-state index in [1.54, 1.807) is 24.3 Å². The molecule has 2 aromatic carbocycles. The van der Waals surface area contributed by atoms with Crippen molar-refractivity contribution in [3.05, 3.63) is 64.2 Å². The van der Waals surface area contributed by atoms with E-state index in [-0.39, 0.29) is 5.78 Å². The molecule has 0 fully saturated rings. The highest BCUT2D eigenvalue weighted by Crippen LogP contribution is 2.24. The van der Waals surface area contributed by atoms with Gasteiger partial charge in [0.1, 0.15) is 5.75 Å². The number of hydrogen-bond acceptors (Lipinski definition) is 2. The first-order valence-corrected chi connectivity index (χ1v) is 6.54. The number of para-hydroxylation sites is 1. The fourth-order valence-electron chi connectivity index (χ4n) is 1.92. The van der Waals surface area contributed by atoms with Crippen molar-refractivity contribution in [2.75, 3.05) is 6.61 Å². The van der Waals surface area contributed by atoms with E-state index in [1.807, 2.05) is 32.0 Å². The SMILES string of the molecule is CCOc1ccccc1C(=O)c1cc(Cl)ccc1C. The Kier molecular flexibility index (Phi) is 4.23. The Hall–Kier alpha value is -1.80. The van der Waals surface area contributed by atoms with Crippen molar-refractivity contribution < 1.29 is 9.53 Å². The standard InChI is InChI=1S/C16H15ClO2/c1-3-19-15-7-5-4-6-13(15)16(18)14-10-12(17)9-8-11(14)2/h4-10H,3H2,1-2H3. The van der Waals surface area contributed by atoms with Gasteiger partial charge in [-0.1, -0.05) is 29.8 Å². The molecule has 0 aliphatic carbocycles. The van der Waals surface area contributed by atoms with Crippen molar-refractivity contribution in [1.29, 1.82) is 0 Å². The highest BCUT2D eigenvalue weighted by molar-refractivity contribution is 6.31. The number of carbonyl (C=O) groups is 1. The van der Waals surface area contributed by atoms with E-state index in [0.29, 0.717) is 28.5 Å². The molecule has 2 nitrogen and oxygen atoms in total. The first-order valence-electron chi connectivity index (χ1n) is 6.16. The van der Waals surface area contributed by atoms with Gasteiger partial charge < -0.3 is 4.74 Å². The van der Waals surface area contributed by atoms with Gasteiger partial charge in [0.05, 0.1) is 12.2 Å². The van der Waals surface area contributed by atoms with E-state index >= 15 is 0 Å². The van der Waals surface area contributed by atoms with Gasteiger partial charge in [-0.25, -0.2) is 0 Å². The zero-order valence-electron chi connectivity index (χ0n) is 10.9. The van der Waals surface area contributed by atoms with Crippen LogP contribution < -0.4 is 4.74 Å². The lowest BCUT2D eigenvalue weighted by atomic mass is 9.98. The fourth-order valence-corrected chi connectivity index (χ4v) is 2.09. The van der Waals surface area contributed by atoms with Crippen LogP contribution in [0.3, 0.4) is 0 Å². The first kappa shape index (κ1) is 13.6. The molecule has 2 aromatic rings. The van der Waals surface area contributed by atoms with E-state index in [4.69, 9.17) is 16.3 Å². The summed E-state index contributed by atoms with van der Waals surface area (Å²) < 4.78 is 5.50. The average molecular weight is 275 g/mol. The predicted molar refractivity (Wildman–Crippen MR) is 77.2 cm³/mol. The van der Waals surface area contributed by atoms with E-state index in [9.17, 15) is 4.79 Å². The second-order valence-corrected chi connectivity index (χ2v) is 4.65. The van der Waals surface area contributed by atoms with E-state index in [0.717, 1.165) is 5.56 Å².